The second-order valence-electron chi connectivity index (χ2n) is 5.35. The SMILES string of the molecule is CCCC(CN)N1CCN(c2cncc(OCC)n2)CC1. The van der Waals surface area contributed by atoms with E-state index in [4.69, 9.17) is 10.5 Å². The number of nitrogens with two attached hydrogens (primary N) is 1. The smallest absolute Gasteiger partial charge is 0.234 e. The van der Waals surface area contributed by atoms with Crippen molar-refractivity contribution in [2.75, 3.05) is 44.2 Å². The molecule has 0 radical (unpaired) electrons. The molecule has 1 aliphatic rings. The summed E-state index contributed by atoms with van der Waals surface area (Å²) in [6, 6.07) is 0.512. The Balaban J connectivity index is 1.92. The van der Waals surface area contributed by atoms with Gasteiger partial charge in [0, 0.05) is 38.8 Å². The van der Waals surface area contributed by atoms with E-state index in [9.17, 15) is 0 Å². The predicted molar refractivity (Wildman–Crippen MR) is 84.7 cm³/mol. The monoisotopic (exact) mass is 293 g/mol. The van der Waals surface area contributed by atoms with Gasteiger partial charge in [-0.25, -0.2) is 0 Å². The lowest BCUT2D eigenvalue weighted by molar-refractivity contribution is 0.179. The van der Waals surface area contributed by atoms with Crippen LogP contribution in [0.2, 0.25) is 0 Å². The number of nitrogens with zero attached hydrogens (tertiary/aromatic N) is 4. The van der Waals surface area contributed by atoms with Gasteiger partial charge in [-0.05, 0) is 13.3 Å². The third-order valence-corrected chi connectivity index (χ3v) is 3.94. The molecule has 1 fully saturated rings. The second-order valence-corrected chi connectivity index (χ2v) is 5.35. The van der Waals surface area contributed by atoms with E-state index in [0.29, 0.717) is 18.5 Å². The van der Waals surface area contributed by atoms with E-state index >= 15 is 0 Å². The molecule has 118 valence electrons. The molecule has 2 heterocycles. The molecule has 1 unspecified atom stereocenters. The Kier molecular flexibility index (Phi) is 6.20. The van der Waals surface area contributed by atoms with Crippen LogP contribution in [-0.4, -0.2) is 60.2 Å². The standard InChI is InChI=1S/C15H27N5O/c1-3-5-13(10-16)19-6-8-20(9-7-19)14-11-17-12-15(18-14)21-4-2/h11-13H,3-10,16H2,1-2H3. The lowest BCUT2D eigenvalue weighted by Gasteiger charge is -2.39. The van der Waals surface area contributed by atoms with Crippen molar-refractivity contribution in [1.29, 1.82) is 0 Å². The zero-order valence-electron chi connectivity index (χ0n) is 13.2. The Hall–Kier alpha value is -1.40. The summed E-state index contributed by atoms with van der Waals surface area (Å²) >= 11 is 0. The number of aromatic nitrogens is 2. The fourth-order valence-corrected chi connectivity index (χ4v) is 2.81. The number of ether oxygens (including phenoxy) is 1. The first-order chi connectivity index (χ1) is 10.3. The lowest BCUT2D eigenvalue weighted by Crippen LogP contribution is -2.52. The second kappa shape index (κ2) is 8.14. The van der Waals surface area contributed by atoms with E-state index in [1.807, 2.05) is 13.1 Å². The van der Waals surface area contributed by atoms with E-state index in [1.165, 1.54) is 12.8 Å². The summed E-state index contributed by atoms with van der Waals surface area (Å²) in [5, 5.41) is 0. The van der Waals surface area contributed by atoms with Gasteiger partial charge in [-0.15, -0.1) is 0 Å². The van der Waals surface area contributed by atoms with Gasteiger partial charge in [0.15, 0.2) is 5.82 Å². The summed E-state index contributed by atoms with van der Waals surface area (Å²) in [5.41, 5.74) is 5.89. The Morgan fingerprint density at radius 2 is 2.00 bits per heavy atom. The summed E-state index contributed by atoms with van der Waals surface area (Å²) in [4.78, 5) is 13.5. The molecule has 1 aromatic heterocycles. The van der Waals surface area contributed by atoms with Crippen LogP contribution >= 0.6 is 0 Å². The minimum absolute atomic E-state index is 0.512. The van der Waals surface area contributed by atoms with Crippen molar-refractivity contribution < 1.29 is 4.74 Å². The maximum Gasteiger partial charge on any atom is 0.234 e. The quantitative estimate of drug-likeness (QED) is 0.813. The normalized spacial score (nSPS) is 17.8. The highest BCUT2D eigenvalue weighted by Gasteiger charge is 2.23. The topological polar surface area (TPSA) is 67.5 Å². The Labute approximate surface area is 127 Å². The summed E-state index contributed by atoms with van der Waals surface area (Å²) in [6.07, 6.45) is 5.83. The maximum absolute atomic E-state index is 5.89. The molecule has 21 heavy (non-hydrogen) atoms. The average molecular weight is 293 g/mol. The molecule has 0 spiro atoms. The number of piperazine rings is 1. The summed E-state index contributed by atoms with van der Waals surface area (Å²) in [7, 11) is 0. The molecule has 0 saturated carbocycles. The van der Waals surface area contributed by atoms with Crippen molar-refractivity contribution in [3.63, 3.8) is 0 Å². The number of rotatable bonds is 7. The highest BCUT2D eigenvalue weighted by Crippen LogP contribution is 2.17. The van der Waals surface area contributed by atoms with Crippen molar-refractivity contribution >= 4 is 5.82 Å². The van der Waals surface area contributed by atoms with Crippen LogP contribution in [0.5, 0.6) is 5.88 Å². The Morgan fingerprint density at radius 3 is 2.62 bits per heavy atom. The van der Waals surface area contributed by atoms with Crippen molar-refractivity contribution in [3.05, 3.63) is 12.4 Å². The van der Waals surface area contributed by atoms with E-state index in [0.717, 1.165) is 38.5 Å². The van der Waals surface area contributed by atoms with Crippen LogP contribution in [0.25, 0.3) is 0 Å². The largest absolute Gasteiger partial charge is 0.477 e. The molecular formula is C15H27N5O. The molecule has 6 heteroatoms. The first-order valence-corrected chi connectivity index (χ1v) is 7.92. The van der Waals surface area contributed by atoms with Crippen molar-refractivity contribution in [2.24, 2.45) is 5.73 Å². The third-order valence-electron chi connectivity index (χ3n) is 3.94. The maximum atomic E-state index is 5.89. The van der Waals surface area contributed by atoms with Gasteiger partial charge < -0.3 is 15.4 Å². The van der Waals surface area contributed by atoms with Crippen LogP contribution in [0.1, 0.15) is 26.7 Å². The van der Waals surface area contributed by atoms with Crippen LogP contribution in [-0.2, 0) is 0 Å². The van der Waals surface area contributed by atoms with Gasteiger partial charge in [-0.1, -0.05) is 13.3 Å². The molecule has 0 bridgehead atoms. The van der Waals surface area contributed by atoms with E-state index in [2.05, 4.69) is 26.7 Å². The van der Waals surface area contributed by atoms with Crippen LogP contribution in [0.15, 0.2) is 12.4 Å². The molecule has 2 rings (SSSR count). The minimum Gasteiger partial charge on any atom is -0.477 e. The Bertz CT molecular complexity index is 420. The summed E-state index contributed by atoms with van der Waals surface area (Å²) in [5.74, 6) is 1.50. The van der Waals surface area contributed by atoms with Gasteiger partial charge in [0.2, 0.25) is 5.88 Å². The van der Waals surface area contributed by atoms with E-state index < -0.39 is 0 Å². The number of hydrogen-bond donors (Lipinski definition) is 1. The molecule has 1 saturated heterocycles. The molecule has 1 atom stereocenters. The van der Waals surface area contributed by atoms with Gasteiger partial charge in [-0.3, -0.25) is 9.88 Å². The molecule has 2 N–H and O–H groups in total. The van der Waals surface area contributed by atoms with Crippen molar-refractivity contribution in [3.8, 4) is 5.88 Å². The zero-order valence-corrected chi connectivity index (χ0v) is 13.2. The molecule has 1 aliphatic heterocycles. The fourth-order valence-electron chi connectivity index (χ4n) is 2.81. The lowest BCUT2D eigenvalue weighted by atomic mass is 10.1. The molecule has 1 aromatic rings. The minimum atomic E-state index is 0.512. The molecular weight excluding hydrogens is 266 g/mol. The van der Waals surface area contributed by atoms with Gasteiger partial charge in [0.1, 0.15) is 0 Å². The first-order valence-electron chi connectivity index (χ1n) is 7.92. The van der Waals surface area contributed by atoms with Crippen LogP contribution in [0.4, 0.5) is 5.82 Å². The Morgan fingerprint density at radius 1 is 1.24 bits per heavy atom. The van der Waals surface area contributed by atoms with Gasteiger partial charge in [-0.2, -0.15) is 4.98 Å². The molecule has 0 aromatic carbocycles. The van der Waals surface area contributed by atoms with E-state index in [1.54, 1.807) is 6.20 Å². The van der Waals surface area contributed by atoms with Crippen LogP contribution in [0.3, 0.4) is 0 Å². The highest BCUT2D eigenvalue weighted by molar-refractivity contribution is 5.38. The van der Waals surface area contributed by atoms with Gasteiger partial charge >= 0.3 is 0 Å². The van der Waals surface area contributed by atoms with Crippen molar-refractivity contribution in [2.45, 2.75) is 32.7 Å². The number of hydrogen-bond acceptors (Lipinski definition) is 6. The van der Waals surface area contributed by atoms with Crippen molar-refractivity contribution in [1.82, 2.24) is 14.9 Å². The highest BCUT2D eigenvalue weighted by atomic mass is 16.5. The fraction of sp³-hybridized carbons (Fsp3) is 0.733. The third kappa shape index (κ3) is 4.28. The average Bonchev–Trinajstić information content (AvgIpc) is 2.53. The number of anilines is 1. The van der Waals surface area contributed by atoms with Crippen LogP contribution in [0, 0.1) is 0 Å². The van der Waals surface area contributed by atoms with E-state index in [-0.39, 0.29) is 0 Å². The predicted octanol–water partition coefficient (Wildman–Crippen LogP) is 1.12. The summed E-state index contributed by atoms with van der Waals surface area (Å²) < 4.78 is 5.42. The van der Waals surface area contributed by atoms with Gasteiger partial charge in [0.05, 0.1) is 19.0 Å². The van der Waals surface area contributed by atoms with Crippen LogP contribution < -0.4 is 15.4 Å². The van der Waals surface area contributed by atoms with Gasteiger partial charge in [0.25, 0.3) is 0 Å². The molecule has 0 aliphatic carbocycles. The first kappa shape index (κ1) is 16.0. The summed E-state index contributed by atoms with van der Waals surface area (Å²) in [6.45, 7) is 9.51. The molecule has 0 amide bonds. The zero-order chi connectivity index (χ0) is 15.1. The molecule has 6 nitrogen and oxygen atoms in total.